The topological polar surface area (TPSA) is 89.4 Å². The first kappa shape index (κ1) is 19.4. The second-order valence-electron chi connectivity index (χ2n) is 4.75. The molecule has 0 aliphatic carbocycles. The molecular weight excluding hydrogens is 379 g/mol. The molecule has 0 aliphatic heterocycles. The van der Waals surface area contributed by atoms with Crippen LogP contribution in [0.1, 0.15) is 20.7 Å². The summed E-state index contributed by atoms with van der Waals surface area (Å²) in [6, 6.07) is 14.8. The second kappa shape index (κ2) is 9.50. The third kappa shape index (κ3) is 6.16. The molecule has 26 heavy (non-hydrogen) atoms. The van der Waals surface area contributed by atoms with E-state index < -0.39 is 11.9 Å². The zero-order chi connectivity index (χ0) is 18.9. The van der Waals surface area contributed by atoms with Crippen molar-refractivity contribution in [2.24, 2.45) is 0 Å². The molecular formula is C18H12Cl2N2O4. The average molecular weight is 391 g/mol. The van der Waals surface area contributed by atoms with E-state index in [2.05, 4.69) is 9.97 Å². The van der Waals surface area contributed by atoms with E-state index >= 15 is 0 Å². The number of benzene rings is 1. The number of ether oxygens (including phenoxy) is 1. The number of carboxylic acids is 1. The van der Waals surface area contributed by atoms with Crippen LogP contribution in [0.3, 0.4) is 0 Å². The smallest absolute Gasteiger partial charge is 0.345 e. The number of esters is 1. The lowest BCUT2D eigenvalue weighted by Gasteiger charge is -2.03. The van der Waals surface area contributed by atoms with Gasteiger partial charge in [0.1, 0.15) is 16.1 Å². The third-order valence-electron chi connectivity index (χ3n) is 2.89. The number of aromatic carboxylic acids is 1. The lowest BCUT2D eigenvalue weighted by atomic mass is 10.3. The Kier molecular flexibility index (Phi) is 7.08. The number of carboxylic acid groups (broad SMARTS) is 1. The Morgan fingerprint density at radius 1 is 0.808 bits per heavy atom. The minimum absolute atomic E-state index is 0.143. The van der Waals surface area contributed by atoms with Crippen LogP contribution in [0, 0.1) is 0 Å². The highest BCUT2D eigenvalue weighted by Crippen LogP contribution is 2.12. The number of halogens is 2. The largest absolute Gasteiger partial charge is 0.478 e. The standard InChI is InChI=1S/C12H8ClNO2.C6H4ClNO2/c13-11-7-6-9(8-14-11)12(15)16-10-4-2-1-3-5-10;7-5-2-1-4(3-8-5)6(9)10/h1-8H;1-3H,(H,9,10). The van der Waals surface area contributed by atoms with Gasteiger partial charge >= 0.3 is 11.9 Å². The van der Waals surface area contributed by atoms with E-state index in [1.165, 1.54) is 24.5 Å². The molecule has 2 heterocycles. The summed E-state index contributed by atoms with van der Waals surface area (Å²) in [5.41, 5.74) is 0.512. The van der Waals surface area contributed by atoms with Crippen LogP contribution >= 0.6 is 23.2 Å². The summed E-state index contributed by atoms with van der Waals surface area (Å²) in [5.74, 6) is -0.943. The zero-order valence-electron chi connectivity index (χ0n) is 13.2. The number of nitrogens with zero attached hydrogens (tertiary/aromatic N) is 2. The molecule has 1 aromatic carbocycles. The Morgan fingerprint density at radius 3 is 1.81 bits per heavy atom. The third-order valence-corrected chi connectivity index (χ3v) is 3.34. The Hall–Kier alpha value is -2.96. The van der Waals surface area contributed by atoms with Crippen LogP contribution < -0.4 is 4.74 Å². The van der Waals surface area contributed by atoms with Crippen molar-refractivity contribution in [3.8, 4) is 5.75 Å². The summed E-state index contributed by atoms with van der Waals surface area (Å²) in [6.07, 6.45) is 2.60. The Labute approximate surface area is 159 Å². The number of para-hydroxylation sites is 1. The molecule has 132 valence electrons. The molecule has 2 aromatic heterocycles. The number of pyridine rings is 2. The van der Waals surface area contributed by atoms with Gasteiger partial charge in [0.05, 0.1) is 11.1 Å². The van der Waals surface area contributed by atoms with E-state index in [9.17, 15) is 9.59 Å². The van der Waals surface area contributed by atoms with Crippen molar-refractivity contribution in [3.63, 3.8) is 0 Å². The average Bonchev–Trinajstić information content (AvgIpc) is 2.64. The van der Waals surface area contributed by atoms with E-state index in [1.54, 1.807) is 36.4 Å². The highest BCUT2D eigenvalue weighted by Gasteiger charge is 2.08. The van der Waals surface area contributed by atoms with Crippen molar-refractivity contribution in [2.75, 3.05) is 0 Å². The molecule has 6 nitrogen and oxygen atoms in total. The maximum Gasteiger partial charge on any atom is 0.345 e. The lowest BCUT2D eigenvalue weighted by molar-refractivity contribution is 0.0694. The van der Waals surface area contributed by atoms with E-state index in [-0.39, 0.29) is 5.56 Å². The molecule has 0 unspecified atom stereocenters. The van der Waals surface area contributed by atoms with E-state index in [0.29, 0.717) is 21.6 Å². The molecule has 0 saturated heterocycles. The molecule has 0 bridgehead atoms. The molecule has 0 saturated carbocycles. The number of carbonyl (C=O) groups excluding carboxylic acids is 1. The number of carbonyl (C=O) groups is 2. The van der Waals surface area contributed by atoms with Gasteiger partial charge in [0.15, 0.2) is 0 Å². The van der Waals surface area contributed by atoms with Crippen molar-refractivity contribution in [1.29, 1.82) is 0 Å². The fraction of sp³-hybridized carbons (Fsp3) is 0. The number of aromatic nitrogens is 2. The quantitative estimate of drug-likeness (QED) is 0.405. The minimum atomic E-state index is -0.996. The summed E-state index contributed by atoms with van der Waals surface area (Å²) >= 11 is 11.0. The van der Waals surface area contributed by atoms with Crippen LogP contribution in [0.2, 0.25) is 10.3 Å². The SMILES string of the molecule is O=C(O)c1ccc(Cl)nc1.O=C(Oc1ccccc1)c1ccc(Cl)nc1. The number of hydrogen-bond donors (Lipinski definition) is 1. The normalized spacial score (nSPS) is 9.62. The summed E-state index contributed by atoms with van der Waals surface area (Å²) in [4.78, 5) is 29.2. The van der Waals surface area contributed by atoms with Gasteiger partial charge in [-0.3, -0.25) is 0 Å². The van der Waals surface area contributed by atoms with Gasteiger partial charge in [0, 0.05) is 12.4 Å². The number of hydrogen-bond acceptors (Lipinski definition) is 5. The van der Waals surface area contributed by atoms with Crippen molar-refractivity contribution in [3.05, 3.63) is 88.4 Å². The van der Waals surface area contributed by atoms with Gasteiger partial charge in [-0.2, -0.15) is 0 Å². The fourth-order valence-corrected chi connectivity index (χ4v) is 1.88. The molecule has 3 aromatic rings. The van der Waals surface area contributed by atoms with E-state index in [1.807, 2.05) is 6.07 Å². The molecule has 0 fully saturated rings. The van der Waals surface area contributed by atoms with Crippen LogP contribution in [0.5, 0.6) is 5.75 Å². The molecule has 8 heteroatoms. The van der Waals surface area contributed by atoms with Gasteiger partial charge in [-0.15, -0.1) is 0 Å². The van der Waals surface area contributed by atoms with Crippen LogP contribution in [-0.4, -0.2) is 27.0 Å². The molecule has 3 rings (SSSR count). The number of rotatable bonds is 3. The predicted octanol–water partition coefficient (Wildman–Crippen LogP) is 4.39. The minimum Gasteiger partial charge on any atom is -0.478 e. The van der Waals surface area contributed by atoms with Crippen molar-refractivity contribution in [2.45, 2.75) is 0 Å². The van der Waals surface area contributed by atoms with Gasteiger partial charge in [-0.05, 0) is 36.4 Å². The maximum atomic E-state index is 11.6. The van der Waals surface area contributed by atoms with Gasteiger partial charge in [-0.1, -0.05) is 41.4 Å². The lowest BCUT2D eigenvalue weighted by Crippen LogP contribution is -2.08. The highest BCUT2D eigenvalue weighted by molar-refractivity contribution is 6.29. The van der Waals surface area contributed by atoms with Crippen molar-refractivity contribution >= 4 is 35.1 Å². The van der Waals surface area contributed by atoms with E-state index in [4.69, 9.17) is 33.0 Å². The monoisotopic (exact) mass is 390 g/mol. The van der Waals surface area contributed by atoms with Gasteiger partial charge < -0.3 is 9.84 Å². The maximum absolute atomic E-state index is 11.6. The molecule has 0 radical (unpaired) electrons. The van der Waals surface area contributed by atoms with E-state index in [0.717, 1.165) is 0 Å². The second-order valence-corrected chi connectivity index (χ2v) is 5.52. The first-order chi connectivity index (χ1) is 12.5. The summed E-state index contributed by atoms with van der Waals surface area (Å²) < 4.78 is 5.12. The van der Waals surface area contributed by atoms with Crippen LogP contribution in [0.4, 0.5) is 0 Å². The van der Waals surface area contributed by atoms with Crippen LogP contribution in [0.15, 0.2) is 67.0 Å². The first-order valence-corrected chi connectivity index (χ1v) is 7.95. The molecule has 0 atom stereocenters. The Morgan fingerprint density at radius 2 is 1.35 bits per heavy atom. The molecule has 0 spiro atoms. The Balaban J connectivity index is 0.000000209. The van der Waals surface area contributed by atoms with Crippen molar-refractivity contribution < 1.29 is 19.4 Å². The fourth-order valence-electron chi connectivity index (χ4n) is 1.65. The van der Waals surface area contributed by atoms with Gasteiger partial charge in [0.25, 0.3) is 0 Å². The summed E-state index contributed by atoms with van der Waals surface area (Å²) in [7, 11) is 0. The van der Waals surface area contributed by atoms with Crippen LogP contribution in [-0.2, 0) is 0 Å². The van der Waals surface area contributed by atoms with Gasteiger partial charge in [0.2, 0.25) is 0 Å². The molecule has 1 N–H and O–H groups in total. The Bertz CT molecular complexity index is 870. The predicted molar refractivity (Wildman–Crippen MR) is 96.9 cm³/mol. The molecule has 0 amide bonds. The first-order valence-electron chi connectivity index (χ1n) is 7.19. The zero-order valence-corrected chi connectivity index (χ0v) is 14.7. The van der Waals surface area contributed by atoms with Gasteiger partial charge in [-0.25, -0.2) is 19.6 Å². The van der Waals surface area contributed by atoms with Crippen molar-refractivity contribution in [1.82, 2.24) is 9.97 Å². The highest BCUT2D eigenvalue weighted by atomic mass is 35.5. The summed E-state index contributed by atoms with van der Waals surface area (Å²) in [6.45, 7) is 0. The summed E-state index contributed by atoms with van der Waals surface area (Å²) in [5, 5.41) is 9.03. The molecule has 0 aliphatic rings. The van der Waals surface area contributed by atoms with Crippen LogP contribution in [0.25, 0.3) is 0 Å².